The van der Waals surface area contributed by atoms with Gasteiger partial charge in [0, 0.05) is 39.4 Å². The highest BCUT2D eigenvalue weighted by Crippen LogP contribution is 2.28. The van der Waals surface area contributed by atoms with E-state index in [9.17, 15) is 8.42 Å². The summed E-state index contributed by atoms with van der Waals surface area (Å²) in [5.74, 6) is 1.29. The third kappa shape index (κ3) is 3.78. The lowest BCUT2D eigenvalue weighted by Crippen LogP contribution is -2.48. The van der Waals surface area contributed by atoms with Crippen molar-refractivity contribution in [2.75, 3.05) is 26.2 Å². The van der Waals surface area contributed by atoms with Gasteiger partial charge in [-0.15, -0.1) is 0 Å². The van der Waals surface area contributed by atoms with Crippen molar-refractivity contribution < 1.29 is 8.42 Å². The first-order valence-electron chi connectivity index (χ1n) is 8.57. The summed E-state index contributed by atoms with van der Waals surface area (Å²) in [5, 5.41) is 4.19. The Morgan fingerprint density at radius 3 is 2.48 bits per heavy atom. The van der Waals surface area contributed by atoms with E-state index in [2.05, 4.69) is 18.9 Å². The Morgan fingerprint density at radius 1 is 1.17 bits per heavy atom. The smallest absolute Gasteiger partial charge is 0.276 e. The third-order valence-electron chi connectivity index (χ3n) is 5.02. The Labute approximate surface area is 139 Å². The highest BCUT2D eigenvalue weighted by Gasteiger charge is 2.38. The molecule has 6 nitrogen and oxygen atoms in total. The second-order valence-electron chi connectivity index (χ2n) is 7.51. The first-order valence-corrected chi connectivity index (χ1v) is 9.97. The fraction of sp³-hybridized carbons (Fsp3) is 0.812. The monoisotopic (exact) mass is 340 g/mol. The normalized spacial score (nSPS) is 30.8. The van der Waals surface area contributed by atoms with Crippen molar-refractivity contribution in [1.29, 1.82) is 0 Å². The van der Waals surface area contributed by atoms with E-state index in [0.29, 0.717) is 43.9 Å². The lowest BCUT2D eigenvalue weighted by Gasteiger charge is -2.36. The maximum Gasteiger partial charge on any atom is 0.282 e. The molecule has 0 N–H and O–H groups in total. The van der Waals surface area contributed by atoms with Gasteiger partial charge in [-0.3, -0.25) is 4.68 Å². The molecule has 0 amide bonds. The van der Waals surface area contributed by atoms with Crippen molar-refractivity contribution in [3.63, 3.8) is 0 Å². The van der Waals surface area contributed by atoms with Gasteiger partial charge in [-0.05, 0) is 42.6 Å². The van der Waals surface area contributed by atoms with Gasteiger partial charge in [0.05, 0.1) is 6.20 Å². The quantitative estimate of drug-likeness (QED) is 0.835. The van der Waals surface area contributed by atoms with Crippen molar-refractivity contribution in [1.82, 2.24) is 18.4 Å². The predicted octanol–water partition coefficient (Wildman–Crippen LogP) is 1.51. The lowest BCUT2D eigenvalue weighted by molar-refractivity contribution is 0.211. The number of piperidine rings is 1. The zero-order valence-corrected chi connectivity index (χ0v) is 15.2. The van der Waals surface area contributed by atoms with Crippen LogP contribution in [0.1, 0.15) is 32.3 Å². The van der Waals surface area contributed by atoms with Crippen molar-refractivity contribution in [3.05, 3.63) is 18.0 Å². The van der Waals surface area contributed by atoms with Crippen LogP contribution in [0.25, 0.3) is 0 Å². The fourth-order valence-electron chi connectivity index (χ4n) is 4.04. The molecule has 3 unspecified atom stereocenters. The number of hydrogen-bond donors (Lipinski definition) is 0. The maximum absolute atomic E-state index is 12.9. The van der Waals surface area contributed by atoms with Crippen LogP contribution in [-0.2, 0) is 23.7 Å². The third-order valence-corrected chi connectivity index (χ3v) is 6.95. The van der Waals surface area contributed by atoms with E-state index < -0.39 is 10.2 Å². The molecule has 2 aliphatic heterocycles. The number of aromatic nitrogens is 2. The molecule has 2 fully saturated rings. The summed E-state index contributed by atoms with van der Waals surface area (Å²) >= 11 is 0. The number of aryl methyl sites for hydroxylation is 1. The molecule has 2 aliphatic rings. The van der Waals surface area contributed by atoms with E-state index in [1.54, 1.807) is 13.3 Å². The first kappa shape index (κ1) is 16.9. The van der Waals surface area contributed by atoms with E-state index >= 15 is 0 Å². The number of hydrogen-bond acceptors (Lipinski definition) is 3. The summed E-state index contributed by atoms with van der Waals surface area (Å²) in [4.78, 5) is 0. The van der Waals surface area contributed by atoms with Gasteiger partial charge < -0.3 is 0 Å². The lowest BCUT2D eigenvalue weighted by atomic mass is 9.94. The van der Waals surface area contributed by atoms with Gasteiger partial charge in [0.1, 0.15) is 0 Å². The Balaban J connectivity index is 1.63. The molecule has 23 heavy (non-hydrogen) atoms. The number of rotatable bonds is 4. The van der Waals surface area contributed by atoms with Gasteiger partial charge in [0.2, 0.25) is 0 Å². The highest BCUT2D eigenvalue weighted by molar-refractivity contribution is 7.86. The largest absolute Gasteiger partial charge is 0.282 e. The van der Waals surface area contributed by atoms with E-state index in [1.165, 1.54) is 5.56 Å². The fourth-order valence-corrected chi connectivity index (χ4v) is 5.99. The molecule has 2 saturated heterocycles. The van der Waals surface area contributed by atoms with Crippen LogP contribution in [0.2, 0.25) is 0 Å². The molecule has 1 aromatic heterocycles. The van der Waals surface area contributed by atoms with Gasteiger partial charge >= 0.3 is 0 Å². The van der Waals surface area contributed by atoms with E-state index in [0.717, 1.165) is 19.3 Å². The molecule has 3 heterocycles. The Morgan fingerprint density at radius 2 is 1.87 bits per heavy atom. The van der Waals surface area contributed by atoms with Crippen LogP contribution in [0.4, 0.5) is 0 Å². The van der Waals surface area contributed by atoms with Crippen LogP contribution in [0, 0.1) is 17.8 Å². The van der Waals surface area contributed by atoms with E-state index in [4.69, 9.17) is 0 Å². The molecule has 0 bridgehead atoms. The standard InChI is InChI=1S/C16H28N4O2S/c1-13-6-14(2)10-20(9-13)23(21,22)19-5-4-15(12-19)7-16-8-17-18(3)11-16/h8,11,13-15H,4-7,9-10,12H2,1-3H3. The Hall–Kier alpha value is -0.920. The molecule has 0 aromatic carbocycles. The van der Waals surface area contributed by atoms with Crippen LogP contribution < -0.4 is 0 Å². The Bertz CT molecular complexity index is 632. The molecule has 3 rings (SSSR count). The number of nitrogens with zero attached hydrogens (tertiary/aromatic N) is 4. The zero-order valence-electron chi connectivity index (χ0n) is 14.4. The first-order chi connectivity index (χ1) is 10.8. The van der Waals surface area contributed by atoms with Crippen LogP contribution in [0.3, 0.4) is 0 Å². The second-order valence-corrected chi connectivity index (χ2v) is 9.44. The van der Waals surface area contributed by atoms with Crippen molar-refractivity contribution in [3.8, 4) is 0 Å². The van der Waals surface area contributed by atoms with Crippen molar-refractivity contribution in [2.45, 2.75) is 33.1 Å². The van der Waals surface area contributed by atoms with Gasteiger partial charge in [0.25, 0.3) is 10.2 Å². The maximum atomic E-state index is 12.9. The minimum atomic E-state index is -3.30. The van der Waals surface area contributed by atoms with Crippen LogP contribution in [0.5, 0.6) is 0 Å². The van der Waals surface area contributed by atoms with Crippen molar-refractivity contribution in [2.24, 2.45) is 24.8 Å². The highest BCUT2D eigenvalue weighted by atomic mass is 32.2. The van der Waals surface area contributed by atoms with Crippen molar-refractivity contribution >= 4 is 10.2 Å². The topological polar surface area (TPSA) is 58.4 Å². The van der Waals surface area contributed by atoms with E-state index in [-0.39, 0.29) is 0 Å². The van der Waals surface area contributed by atoms with Gasteiger partial charge in [-0.1, -0.05) is 13.8 Å². The van der Waals surface area contributed by atoms with Gasteiger partial charge in [-0.2, -0.15) is 22.1 Å². The summed E-state index contributed by atoms with van der Waals surface area (Å²) in [6.07, 6.45) is 6.87. The van der Waals surface area contributed by atoms with Crippen LogP contribution in [0.15, 0.2) is 12.4 Å². The minimum absolute atomic E-state index is 0.397. The molecule has 0 aliphatic carbocycles. The summed E-state index contributed by atoms with van der Waals surface area (Å²) in [7, 11) is -1.39. The Kier molecular flexibility index (Phi) is 4.80. The molecule has 1 aromatic rings. The second kappa shape index (κ2) is 6.53. The molecule has 0 radical (unpaired) electrons. The summed E-state index contributed by atoms with van der Waals surface area (Å²) in [6, 6.07) is 0. The summed E-state index contributed by atoms with van der Waals surface area (Å²) in [5.41, 5.74) is 1.19. The average molecular weight is 340 g/mol. The summed E-state index contributed by atoms with van der Waals surface area (Å²) in [6.45, 7) is 6.90. The zero-order chi connectivity index (χ0) is 16.6. The van der Waals surface area contributed by atoms with E-state index in [1.807, 2.05) is 19.4 Å². The van der Waals surface area contributed by atoms with Crippen LogP contribution in [-0.4, -0.2) is 53.0 Å². The molecular formula is C16H28N4O2S. The van der Waals surface area contributed by atoms with Crippen LogP contribution >= 0.6 is 0 Å². The van der Waals surface area contributed by atoms with Gasteiger partial charge in [-0.25, -0.2) is 0 Å². The predicted molar refractivity (Wildman–Crippen MR) is 90.0 cm³/mol. The summed E-state index contributed by atoms with van der Waals surface area (Å²) < 4.78 is 31.0. The van der Waals surface area contributed by atoms with Gasteiger partial charge in [0.15, 0.2) is 0 Å². The molecule has 0 spiro atoms. The molecular weight excluding hydrogens is 312 g/mol. The minimum Gasteiger partial charge on any atom is -0.276 e. The molecule has 0 saturated carbocycles. The molecule has 7 heteroatoms. The molecule has 3 atom stereocenters. The SMILES string of the molecule is CC1CC(C)CN(S(=O)(=O)N2CCC(Cc3cnn(C)c3)C2)C1. The molecule has 130 valence electrons. The average Bonchev–Trinajstić information content (AvgIpc) is 3.08.